The highest BCUT2D eigenvalue weighted by Crippen LogP contribution is 2.25. The van der Waals surface area contributed by atoms with Gasteiger partial charge in [0, 0.05) is 19.4 Å². The molecule has 0 amide bonds. The SMILES string of the molecule is CCc1ccc(-n2c(=O)n(Cc3ccc(OC)cc3)c(=O)c3c(OSC)cc(=O)n(C)c32)c(F)c1. The molecule has 0 N–H and O–H groups in total. The number of aromatic nitrogens is 3. The zero-order valence-electron chi connectivity index (χ0n) is 19.7. The number of ether oxygens (including phenoxy) is 1. The summed E-state index contributed by atoms with van der Waals surface area (Å²) in [6.45, 7) is 1.81. The van der Waals surface area contributed by atoms with E-state index in [0.717, 1.165) is 31.3 Å². The van der Waals surface area contributed by atoms with Crippen LogP contribution in [0.25, 0.3) is 16.7 Å². The van der Waals surface area contributed by atoms with Crippen molar-refractivity contribution < 1.29 is 13.3 Å². The minimum absolute atomic E-state index is 0.00316. The molecular formula is C25H24FN3O5S. The lowest BCUT2D eigenvalue weighted by atomic mass is 10.1. The number of benzene rings is 2. The first-order valence-electron chi connectivity index (χ1n) is 10.8. The van der Waals surface area contributed by atoms with Gasteiger partial charge in [0.1, 0.15) is 22.6 Å². The molecule has 0 unspecified atom stereocenters. The summed E-state index contributed by atoms with van der Waals surface area (Å²) in [6, 6.07) is 12.6. The van der Waals surface area contributed by atoms with Crippen molar-refractivity contribution in [3.05, 3.63) is 96.7 Å². The molecule has 0 aliphatic rings. The van der Waals surface area contributed by atoms with Gasteiger partial charge in [-0.3, -0.25) is 18.7 Å². The molecule has 35 heavy (non-hydrogen) atoms. The van der Waals surface area contributed by atoms with Crippen LogP contribution in [0.4, 0.5) is 4.39 Å². The quantitative estimate of drug-likeness (QED) is 0.365. The van der Waals surface area contributed by atoms with Gasteiger partial charge in [0.2, 0.25) is 0 Å². The number of pyridine rings is 1. The maximum absolute atomic E-state index is 15.3. The summed E-state index contributed by atoms with van der Waals surface area (Å²) in [7, 11) is 2.96. The number of hydrogen-bond acceptors (Lipinski definition) is 6. The third kappa shape index (κ3) is 4.37. The Kier molecular flexibility index (Phi) is 6.83. The normalized spacial score (nSPS) is 11.1. The molecule has 2 aromatic carbocycles. The Labute approximate surface area is 204 Å². The van der Waals surface area contributed by atoms with E-state index in [0.29, 0.717) is 17.7 Å². The van der Waals surface area contributed by atoms with E-state index in [-0.39, 0.29) is 29.0 Å². The molecule has 0 spiro atoms. The van der Waals surface area contributed by atoms with Crippen molar-refractivity contribution in [1.82, 2.24) is 13.7 Å². The topological polar surface area (TPSA) is 84.5 Å². The van der Waals surface area contributed by atoms with Gasteiger partial charge in [-0.25, -0.2) is 13.8 Å². The first-order valence-corrected chi connectivity index (χ1v) is 12.0. The van der Waals surface area contributed by atoms with Crippen LogP contribution >= 0.6 is 12.0 Å². The van der Waals surface area contributed by atoms with Crippen molar-refractivity contribution in [1.29, 1.82) is 0 Å². The highest BCUT2D eigenvalue weighted by molar-refractivity contribution is 7.94. The zero-order chi connectivity index (χ0) is 25.3. The van der Waals surface area contributed by atoms with Crippen LogP contribution in [-0.4, -0.2) is 27.1 Å². The Morgan fingerprint density at radius 2 is 1.69 bits per heavy atom. The molecule has 0 atom stereocenters. The number of nitrogens with zero attached hydrogens (tertiary/aromatic N) is 3. The minimum atomic E-state index is -0.780. The van der Waals surface area contributed by atoms with E-state index in [1.807, 2.05) is 6.92 Å². The third-order valence-electron chi connectivity index (χ3n) is 5.80. The summed E-state index contributed by atoms with van der Waals surface area (Å²) in [6.07, 6.45) is 2.24. The lowest BCUT2D eigenvalue weighted by Gasteiger charge is -2.18. The fourth-order valence-corrected chi connectivity index (χ4v) is 4.25. The molecule has 4 rings (SSSR count). The standard InChI is InChI=1S/C25H24FN3O5S/c1-5-15-8-11-19(18(26)12-15)29-23-22(20(34-35-4)13-21(30)27(23)2)24(31)28(25(29)32)14-16-6-9-17(33-3)10-7-16/h6-13H,5,14H2,1-4H3. The number of aryl methyl sites for hydroxylation is 2. The van der Waals surface area contributed by atoms with Gasteiger partial charge in [-0.05, 0) is 41.8 Å². The Hall–Kier alpha value is -3.79. The number of halogens is 1. The van der Waals surface area contributed by atoms with Gasteiger partial charge in [0.05, 0.1) is 31.4 Å². The van der Waals surface area contributed by atoms with E-state index in [9.17, 15) is 14.4 Å². The summed E-state index contributed by atoms with van der Waals surface area (Å²) in [4.78, 5) is 40.1. The van der Waals surface area contributed by atoms with Crippen molar-refractivity contribution in [3.8, 4) is 17.2 Å². The van der Waals surface area contributed by atoms with E-state index < -0.39 is 22.6 Å². The fraction of sp³-hybridized carbons (Fsp3) is 0.240. The second-order valence-electron chi connectivity index (χ2n) is 7.85. The molecule has 0 aliphatic carbocycles. The van der Waals surface area contributed by atoms with Crippen LogP contribution in [0.2, 0.25) is 0 Å². The van der Waals surface area contributed by atoms with Crippen LogP contribution in [0, 0.1) is 5.82 Å². The van der Waals surface area contributed by atoms with Gasteiger partial charge in [-0.15, -0.1) is 0 Å². The van der Waals surface area contributed by atoms with Crippen LogP contribution in [0.15, 0.2) is 62.9 Å². The summed E-state index contributed by atoms with van der Waals surface area (Å²) < 4.78 is 29.2. The molecule has 0 fully saturated rings. The third-order valence-corrected chi connectivity index (χ3v) is 6.15. The molecule has 182 valence electrons. The second-order valence-corrected chi connectivity index (χ2v) is 8.35. The van der Waals surface area contributed by atoms with Crippen molar-refractivity contribution in [3.63, 3.8) is 0 Å². The van der Waals surface area contributed by atoms with Crippen LogP contribution in [0.5, 0.6) is 11.5 Å². The maximum atomic E-state index is 15.3. The van der Waals surface area contributed by atoms with Crippen LogP contribution in [-0.2, 0) is 20.0 Å². The molecule has 0 aliphatic heterocycles. The van der Waals surface area contributed by atoms with Crippen molar-refractivity contribution in [2.24, 2.45) is 7.05 Å². The molecule has 2 aromatic heterocycles. The van der Waals surface area contributed by atoms with E-state index in [1.54, 1.807) is 36.6 Å². The number of rotatable bonds is 7. The average molecular weight is 498 g/mol. The van der Waals surface area contributed by atoms with Crippen LogP contribution < -0.4 is 25.7 Å². The molecule has 2 heterocycles. The average Bonchev–Trinajstić information content (AvgIpc) is 2.85. The number of methoxy groups -OCH3 is 1. The first kappa shape index (κ1) is 24.3. The summed E-state index contributed by atoms with van der Waals surface area (Å²) in [5.41, 5.74) is -0.652. The van der Waals surface area contributed by atoms with E-state index >= 15 is 4.39 Å². The highest BCUT2D eigenvalue weighted by atomic mass is 32.2. The molecule has 0 bridgehead atoms. The summed E-state index contributed by atoms with van der Waals surface area (Å²) >= 11 is 0.949. The molecule has 10 heteroatoms. The molecule has 8 nitrogen and oxygen atoms in total. The molecule has 0 radical (unpaired) electrons. The van der Waals surface area contributed by atoms with Gasteiger partial charge in [-0.2, -0.15) is 0 Å². The maximum Gasteiger partial charge on any atom is 0.337 e. The predicted molar refractivity (Wildman–Crippen MR) is 135 cm³/mol. The van der Waals surface area contributed by atoms with Gasteiger partial charge >= 0.3 is 5.69 Å². The lowest BCUT2D eigenvalue weighted by Crippen LogP contribution is -2.42. The largest absolute Gasteiger partial charge is 0.497 e. The number of hydrogen-bond donors (Lipinski definition) is 0. The summed E-state index contributed by atoms with van der Waals surface area (Å²) in [5, 5.41) is -0.00599. The summed E-state index contributed by atoms with van der Waals surface area (Å²) in [5.74, 6) is -0.0183. The predicted octanol–water partition coefficient (Wildman–Crippen LogP) is 3.27. The van der Waals surface area contributed by atoms with Crippen molar-refractivity contribution >= 4 is 23.1 Å². The Morgan fingerprint density at radius 1 is 1.00 bits per heavy atom. The lowest BCUT2D eigenvalue weighted by molar-refractivity contribution is 0.414. The molecule has 0 saturated carbocycles. The van der Waals surface area contributed by atoms with Crippen LogP contribution in [0.3, 0.4) is 0 Å². The van der Waals surface area contributed by atoms with Gasteiger partial charge in [0.15, 0.2) is 5.75 Å². The molecule has 0 saturated heterocycles. The van der Waals surface area contributed by atoms with E-state index in [4.69, 9.17) is 8.92 Å². The first-order chi connectivity index (χ1) is 16.8. The smallest absolute Gasteiger partial charge is 0.337 e. The number of fused-ring (bicyclic) bond motifs is 1. The fourth-order valence-electron chi connectivity index (χ4n) is 3.94. The highest BCUT2D eigenvalue weighted by Gasteiger charge is 2.23. The Morgan fingerprint density at radius 3 is 2.29 bits per heavy atom. The van der Waals surface area contributed by atoms with Gasteiger partial charge in [-0.1, -0.05) is 25.1 Å². The second kappa shape index (κ2) is 9.83. The van der Waals surface area contributed by atoms with Crippen LogP contribution in [0.1, 0.15) is 18.1 Å². The Bertz CT molecular complexity index is 1590. The van der Waals surface area contributed by atoms with Crippen molar-refractivity contribution in [2.45, 2.75) is 19.9 Å². The van der Waals surface area contributed by atoms with E-state index in [1.165, 1.54) is 32.4 Å². The minimum Gasteiger partial charge on any atom is -0.497 e. The van der Waals surface area contributed by atoms with Gasteiger partial charge < -0.3 is 8.92 Å². The Balaban J connectivity index is 2.12. The van der Waals surface area contributed by atoms with Gasteiger partial charge in [0.25, 0.3) is 11.1 Å². The van der Waals surface area contributed by atoms with Crippen molar-refractivity contribution in [2.75, 3.05) is 13.4 Å². The molecular weight excluding hydrogens is 473 g/mol. The monoisotopic (exact) mass is 497 g/mol. The molecule has 4 aromatic rings. The van der Waals surface area contributed by atoms with E-state index in [2.05, 4.69) is 0 Å². The zero-order valence-corrected chi connectivity index (χ0v) is 20.5.